The topological polar surface area (TPSA) is 35.1 Å². The van der Waals surface area contributed by atoms with E-state index in [-0.39, 0.29) is 5.63 Å². The largest absolute Gasteiger partial charge is 0.366 e. The minimum absolute atomic E-state index is 0.326. The highest BCUT2D eigenvalue weighted by molar-refractivity contribution is 7.19. The molecule has 3 nitrogen and oxygen atoms in total. The fraction of sp³-hybridized carbons (Fsp3) is 0.0556. The van der Waals surface area contributed by atoms with Gasteiger partial charge in [0.15, 0.2) is 0 Å². The van der Waals surface area contributed by atoms with E-state index >= 15 is 0 Å². The molecule has 0 aliphatic rings. The van der Waals surface area contributed by atoms with Crippen LogP contribution in [0.4, 0.5) is 0 Å². The fourth-order valence-electron chi connectivity index (χ4n) is 2.60. The van der Waals surface area contributed by atoms with Crippen LogP contribution in [0.25, 0.3) is 21.0 Å². The Bertz CT molecular complexity index is 1010. The van der Waals surface area contributed by atoms with E-state index in [1.54, 1.807) is 4.74 Å². The molecule has 0 aliphatic heterocycles. The van der Waals surface area contributed by atoms with Gasteiger partial charge in [-0.25, -0.2) is 4.79 Å². The van der Waals surface area contributed by atoms with Gasteiger partial charge in [0.05, 0.1) is 15.8 Å². The monoisotopic (exact) mass is 373 g/mol. The summed E-state index contributed by atoms with van der Waals surface area (Å²) in [4.78, 5) is 14.3. The summed E-state index contributed by atoms with van der Waals surface area (Å²) < 4.78 is 7.91. The maximum Gasteiger partial charge on any atom is 0.366 e. The number of halogens is 1. The molecule has 0 bridgehead atoms. The maximum atomic E-state index is 12.5. The van der Waals surface area contributed by atoms with Crippen molar-refractivity contribution in [3.05, 3.63) is 80.3 Å². The van der Waals surface area contributed by atoms with Gasteiger partial charge in [0.2, 0.25) is 0 Å². The van der Waals surface area contributed by atoms with Crippen LogP contribution in [0.5, 0.6) is 0 Å². The van der Waals surface area contributed by atoms with E-state index in [9.17, 15) is 4.79 Å². The van der Waals surface area contributed by atoms with Crippen LogP contribution in [-0.2, 0) is 6.54 Å². The summed E-state index contributed by atoms with van der Waals surface area (Å²) in [5.74, 6) is 0. The molecule has 0 aliphatic carbocycles. The van der Waals surface area contributed by atoms with E-state index in [1.807, 2.05) is 60.0 Å². The molecule has 0 unspecified atom stereocenters. The van der Waals surface area contributed by atoms with Crippen LogP contribution in [0.15, 0.2) is 69.3 Å². The summed E-state index contributed by atoms with van der Waals surface area (Å²) in [6.45, 7) is 0.492. The molecule has 0 amide bonds. The molecule has 0 fully saturated rings. The van der Waals surface area contributed by atoms with E-state index in [0.29, 0.717) is 16.4 Å². The summed E-state index contributed by atoms with van der Waals surface area (Å²) in [7, 11) is 0. The third kappa shape index (κ3) is 2.86. The Morgan fingerprint density at radius 2 is 1.83 bits per heavy atom. The summed E-state index contributed by atoms with van der Waals surface area (Å²) >= 11 is 9.07. The summed E-state index contributed by atoms with van der Waals surface area (Å²) in [6.07, 6.45) is 0. The first-order valence-electron chi connectivity index (χ1n) is 7.30. The van der Waals surface area contributed by atoms with Crippen LogP contribution in [0.1, 0.15) is 5.56 Å². The van der Waals surface area contributed by atoms with Crippen LogP contribution >= 0.6 is 34.3 Å². The van der Waals surface area contributed by atoms with Gasteiger partial charge in [-0.1, -0.05) is 48.0 Å². The quantitative estimate of drug-likeness (QED) is 0.466. The van der Waals surface area contributed by atoms with Crippen molar-refractivity contribution >= 4 is 34.3 Å². The van der Waals surface area contributed by atoms with E-state index in [0.717, 1.165) is 21.0 Å². The number of thiophene rings is 2. The van der Waals surface area contributed by atoms with Crippen molar-refractivity contribution in [1.29, 1.82) is 0 Å². The summed E-state index contributed by atoms with van der Waals surface area (Å²) in [5.41, 5.74) is 2.12. The Kier molecular flexibility index (Phi) is 4.14. The van der Waals surface area contributed by atoms with E-state index in [2.05, 4.69) is 0 Å². The van der Waals surface area contributed by atoms with Gasteiger partial charge in [0.1, 0.15) is 11.3 Å². The highest BCUT2D eigenvalue weighted by Gasteiger charge is 2.22. The lowest BCUT2D eigenvalue weighted by molar-refractivity contribution is 0.270. The molecule has 0 atom stereocenters. The predicted octanol–water partition coefficient (Wildman–Crippen LogP) is 5.60. The maximum absolute atomic E-state index is 12.5. The smallest absolute Gasteiger partial charge is 0.335 e. The molecule has 0 radical (unpaired) electrons. The third-order valence-corrected chi connectivity index (χ3v) is 5.75. The Labute approximate surface area is 151 Å². The molecule has 0 spiro atoms. The second kappa shape index (κ2) is 6.43. The first-order valence-corrected chi connectivity index (χ1v) is 9.37. The van der Waals surface area contributed by atoms with E-state index < -0.39 is 0 Å². The molecular weight excluding hydrogens is 362 g/mol. The summed E-state index contributed by atoms with van der Waals surface area (Å²) in [5, 5.41) is 1.95. The highest BCUT2D eigenvalue weighted by Crippen LogP contribution is 2.38. The average molecular weight is 374 g/mol. The SMILES string of the molecule is O=c1on(Cc2ccccc2)c(-c2ccc(Cl)s2)c1-c1cccs1. The van der Waals surface area contributed by atoms with Gasteiger partial charge in [0, 0.05) is 4.88 Å². The second-order valence-electron chi connectivity index (χ2n) is 5.21. The lowest BCUT2D eigenvalue weighted by Crippen LogP contribution is -2.00. The van der Waals surface area contributed by atoms with Crippen molar-refractivity contribution in [2.75, 3.05) is 0 Å². The molecule has 120 valence electrons. The molecule has 1 aromatic carbocycles. The number of aromatic nitrogens is 1. The number of rotatable bonds is 4. The second-order valence-corrected chi connectivity index (χ2v) is 7.87. The molecule has 4 rings (SSSR count). The Morgan fingerprint density at radius 1 is 1.00 bits per heavy atom. The molecule has 4 aromatic rings. The molecule has 24 heavy (non-hydrogen) atoms. The van der Waals surface area contributed by atoms with Gasteiger partial charge >= 0.3 is 5.63 Å². The molecule has 6 heteroatoms. The zero-order valence-corrected chi connectivity index (χ0v) is 14.8. The number of hydrogen-bond donors (Lipinski definition) is 0. The van der Waals surface area contributed by atoms with Gasteiger partial charge in [-0.3, -0.25) is 0 Å². The van der Waals surface area contributed by atoms with Crippen molar-refractivity contribution in [2.45, 2.75) is 6.54 Å². The van der Waals surface area contributed by atoms with Crippen LogP contribution < -0.4 is 5.63 Å². The lowest BCUT2D eigenvalue weighted by Gasteiger charge is -2.06. The van der Waals surface area contributed by atoms with Gasteiger partial charge in [-0.05, 0) is 29.1 Å². The standard InChI is InChI=1S/C18H12ClNO2S2/c19-15-9-8-14(24-15)17-16(13-7-4-10-23-13)18(21)22-20(17)11-12-5-2-1-3-6-12/h1-10H,11H2. The third-order valence-electron chi connectivity index (χ3n) is 3.63. The minimum atomic E-state index is -0.326. The minimum Gasteiger partial charge on any atom is -0.335 e. The van der Waals surface area contributed by atoms with Crippen LogP contribution in [0.2, 0.25) is 4.34 Å². The Hall–Kier alpha value is -2.08. The molecule has 0 saturated carbocycles. The molecule has 3 aromatic heterocycles. The van der Waals surface area contributed by atoms with Crippen molar-refractivity contribution in [2.24, 2.45) is 0 Å². The Morgan fingerprint density at radius 3 is 2.50 bits per heavy atom. The van der Waals surface area contributed by atoms with Gasteiger partial charge in [-0.15, -0.1) is 22.7 Å². The predicted molar refractivity (Wildman–Crippen MR) is 100 cm³/mol. The zero-order valence-electron chi connectivity index (χ0n) is 12.4. The van der Waals surface area contributed by atoms with Crippen molar-refractivity contribution in [3.63, 3.8) is 0 Å². The first-order chi connectivity index (χ1) is 11.7. The van der Waals surface area contributed by atoms with E-state index in [1.165, 1.54) is 22.7 Å². The highest BCUT2D eigenvalue weighted by atomic mass is 35.5. The average Bonchev–Trinajstić information content (AvgIpc) is 3.29. The van der Waals surface area contributed by atoms with Crippen LogP contribution in [0, 0.1) is 0 Å². The number of hydrogen-bond acceptors (Lipinski definition) is 4. The zero-order chi connectivity index (χ0) is 16.5. The first kappa shape index (κ1) is 15.4. The molecule has 0 saturated heterocycles. The Balaban J connectivity index is 1.91. The number of nitrogens with zero attached hydrogens (tertiary/aromatic N) is 1. The van der Waals surface area contributed by atoms with Crippen molar-refractivity contribution < 1.29 is 4.52 Å². The molecule has 3 heterocycles. The normalized spacial score (nSPS) is 11.0. The molecule has 0 N–H and O–H groups in total. The number of benzene rings is 1. The van der Waals surface area contributed by atoms with E-state index in [4.69, 9.17) is 16.1 Å². The van der Waals surface area contributed by atoms with Crippen molar-refractivity contribution in [3.8, 4) is 21.0 Å². The van der Waals surface area contributed by atoms with Gasteiger partial charge in [-0.2, -0.15) is 4.74 Å². The molecular formula is C18H12ClNO2S2. The fourth-order valence-corrected chi connectivity index (χ4v) is 4.45. The lowest BCUT2D eigenvalue weighted by atomic mass is 10.1. The van der Waals surface area contributed by atoms with Gasteiger partial charge in [0.25, 0.3) is 0 Å². The van der Waals surface area contributed by atoms with Gasteiger partial charge < -0.3 is 4.52 Å². The van der Waals surface area contributed by atoms with Crippen molar-refractivity contribution in [1.82, 2.24) is 4.74 Å². The summed E-state index contributed by atoms with van der Waals surface area (Å²) in [6, 6.07) is 17.6. The van der Waals surface area contributed by atoms with Crippen LogP contribution in [-0.4, -0.2) is 4.74 Å². The van der Waals surface area contributed by atoms with Crippen LogP contribution in [0.3, 0.4) is 0 Å².